The fourth-order valence-electron chi connectivity index (χ4n) is 2.45. The molecule has 2 rings (SSSR count). The minimum atomic E-state index is -0.137. The topological polar surface area (TPSA) is 47.6 Å². The van der Waals surface area contributed by atoms with Gasteiger partial charge in [-0.1, -0.05) is 35.9 Å². The van der Waals surface area contributed by atoms with Gasteiger partial charge in [0, 0.05) is 13.2 Å². The minimum Gasteiger partial charge on any atom is -0.490 e. The lowest BCUT2D eigenvalue weighted by Gasteiger charge is -2.12. The molecule has 24 heavy (non-hydrogen) atoms. The van der Waals surface area contributed by atoms with Crippen LogP contribution in [0.5, 0.6) is 5.75 Å². The third-order valence-electron chi connectivity index (χ3n) is 3.76. The SMILES string of the molecule is CCOCCOc1ccccc1C(=O)NCc1ccc(C)cc1C. The smallest absolute Gasteiger partial charge is 0.255 e. The first-order chi connectivity index (χ1) is 11.6. The van der Waals surface area contributed by atoms with E-state index in [0.29, 0.717) is 37.7 Å². The summed E-state index contributed by atoms with van der Waals surface area (Å²) in [5.74, 6) is 0.442. The molecule has 0 aromatic heterocycles. The molecule has 1 amide bonds. The highest BCUT2D eigenvalue weighted by Crippen LogP contribution is 2.18. The highest BCUT2D eigenvalue weighted by molar-refractivity contribution is 5.96. The summed E-state index contributed by atoms with van der Waals surface area (Å²) < 4.78 is 10.9. The summed E-state index contributed by atoms with van der Waals surface area (Å²) in [6.07, 6.45) is 0. The van der Waals surface area contributed by atoms with Crippen LogP contribution in [0.3, 0.4) is 0 Å². The predicted molar refractivity (Wildman–Crippen MR) is 95.5 cm³/mol. The van der Waals surface area contributed by atoms with Crippen molar-refractivity contribution in [2.45, 2.75) is 27.3 Å². The average Bonchev–Trinajstić information content (AvgIpc) is 2.58. The highest BCUT2D eigenvalue weighted by atomic mass is 16.5. The Balaban J connectivity index is 1.99. The maximum absolute atomic E-state index is 12.5. The first-order valence-electron chi connectivity index (χ1n) is 8.25. The molecule has 2 aromatic rings. The fraction of sp³-hybridized carbons (Fsp3) is 0.350. The van der Waals surface area contributed by atoms with Gasteiger partial charge in [0.05, 0.1) is 12.2 Å². The molecule has 0 heterocycles. The van der Waals surface area contributed by atoms with Crippen LogP contribution in [-0.2, 0) is 11.3 Å². The monoisotopic (exact) mass is 327 g/mol. The Morgan fingerprint density at radius 2 is 1.88 bits per heavy atom. The van der Waals surface area contributed by atoms with E-state index >= 15 is 0 Å². The number of carbonyl (C=O) groups is 1. The summed E-state index contributed by atoms with van der Waals surface area (Å²) in [5.41, 5.74) is 4.05. The molecule has 2 aromatic carbocycles. The molecule has 128 valence electrons. The lowest BCUT2D eigenvalue weighted by Crippen LogP contribution is -2.24. The van der Waals surface area contributed by atoms with Crippen LogP contribution in [0.25, 0.3) is 0 Å². The molecule has 0 saturated carbocycles. The van der Waals surface area contributed by atoms with E-state index in [4.69, 9.17) is 9.47 Å². The minimum absolute atomic E-state index is 0.137. The molecule has 0 bridgehead atoms. The van der Waals surface area contributed by atoms with Gasteiger partial charge in [0.25, 0.3) is 5.91 Å². The van der Waals surface area contributed by atoms with Crippen molar-refractivity contribution in [1.82, 2.24) is 5.32 Å². The van der Waals surface area contributed by atoms with Crippen LogP contribution in [0, 0.1) is 13.8 Å². The number of rotatable bonds is 8. The van der Waals surface area contributed by atoms with Gasteiger partial charge in [-0.3, -0.25) is 4.79 Å². The van der Waals surface area contributed by atoms with Crippen LogP contribution in [-0.4, -0.2) is 25.7 Å². The van der Waals surface area contributed by atoms with Crippen molar-refractivity contribution in [2.24, 2.45) is 0 Å². The van der Waals surface area contributed by atoms with E-state index in [1.807, 2.05) is 19.1 Å². The quantitative estimate of drug-likeness (QED) is 0.753. The van der Waals surface area contributed by atoms with Crippen LogP contribution in [0.1, 0.15) is 34.0 Å². The standard InChI is InChI=1S/C20H25NO3/c1-4-23-11-12-24-19-8-6-5-7-18(19)20(22)21-14-17-10-9-15(2)13-16(17)3/h5-10,13H,4,11-12,14H2,1-3H3,(H,21,22). The van der Waals surface area contributed by atoms with E-state index < -0.39 is 0 Å². The summed E-state index contributed by atoms with van der Waals surface area (Å²) in [5, 5.41) is 2.97. The van der Waals surface area contributed by atoms with Gasteiger partial charge in [0.15, 0.2) is 0 Å². The van der Waals surface area contributed by atoms with Crippen molar-refractivity contribution in [2.75, 3.05) is 19.8 Å². The molecule has 0 spiro atoms. The largest absolute Gasteiger partial charge is 0.490 e. The number of aryl methyl sites for hydroxylation is 2. The molecule has 0 fully saturated rings. The van der Waals surface area contributed by atoms with Crippen molar-refractivity contribution < 1.29 is 14.3 Å². The van der Waals surface area contributed by atoms with E-state index in [-0.39, 0.29) is 5.91 Å². The Bertz CT molecular complexity index is 682. The molecule has 0 aliphatic carbocycles. The van der Waals surface area contributed by atoms with Gasteiger partial charge in [0.1, 0.15) is 12.4 Å². The number of ether oxygens (including phenoxy) is 2. The summed E-state index contributed by atoms with van der Waals surface area (Å²) in [7, 11) is 0. The van der Waals surface area contributed by atoms with Gasteiger partial charge >= 0.3 is 0 Å². The van der Waals surface area contributed by atoms with Gasteiger partial charge in [-0.15, -0.1) is 0 Å². The molecule has 0 aliphatic rings. The van der Waals surface area contributed by atoms with Crippen molar-refractivity contribution in [3.05, 3.63) is 64.7 Å². The second kappa shape index (κ2) is 9.08. The zero-order valence-electron chi connectivity index (χ0n) is 14.6. The fourth-order valence-corrected chi connectivity index (χ4v) is 2.45. The Morgan fingerprint density at radius 3 is 2.62 bits per heavy atom. The molecule has 1 N–H and O–H groups in total. The Morgan fingerprint density at radius 1 is 1.08 bits per heavy atom. The zero-order chi connectivity index (χ0) is 17.4. The number of hydrogen-bond donors (Lipinski definition) is 1. The second-order valence-electron chi connectivity index (χ2n) is 5.65. The molecule has 0 aliphatic heterocycles. The Labute approximate surface area is 143 Å². The summed E-state index contributed by atoms with van der Waals surface area (Å²) in [6, 6.07) is 13.5. The van der Waals surface area contributed by atoms with Crippen molar-refractivity contribution in [1.29, 1.82) is 0 Å². The first kappa shape index (κ1) is 18.0. The highest BCUT2D eigenvalue weighted by Gasteiger charge is 2.12. The van der Waals surface area contributed by atoms with E-state index in [2.05, 4.69) is 37.4 Å². The lowest BCUT2D eigenvalue weighted by atomic mass is 10.1. The van der Waals surface area contributed by atoms with Crippen LogP contribution in [0.4, 0.5) is 0 Å². The number of hydrogen-bond acceptors (Lipinski definition) is 3. The van der Waals surface area contributed by atoms with Crippen LogP contribution >= 0.6 is 0 Å². The molecule has 0 radical (unpaired) electrons. The molecule has 0 saturated heterocycles. The first-order valence-corrected chi connectivity index (χ1v) is 8.25. The number of amides is 1. The van der Waals surface area contributed by atoms with Gasteiger partial charge in [-0.25, -0.2) is 0 Å². The maximum Gasteiger partial charge on any atom is 0.255 e. The number of para-hydroxylation sites is 1. The van der Waals surface area contributed by atoms with Crippen molar-refractivity contribution in [3.63, 3.8) is 0 Å². The van der Waals surface area contributed by atoms with Gasteiger partial charge in [-0.2, -0.15) is 0 Å². The van der Waals surface area contributed by atoms with Crippen molar-refractivity contribution >= 4 is 5.91 Å². The van der Waals surface area contributed by atoms with Gasteiger partial charge < -0.3 is 14.8 Å². The third-order valence-corrected chi connectivity index (χ3v) is 3.76. The van der Waals surface area contributed by atoms with Crippen LogP contribution in [0.2, 0.25) is 0 Å². The van der Waals surface area contributed by atoms with Crippen LogP contribution in [0.15, 0.2) is 42.5 Å². The molecule has 4 heteroatoms. The molecule has 4 nitrogen and oxygen atoms in total. The molecule has 0 atom stereocenters. The Hall–Kier alpha value is -2.33. The summed E-state index contributed by atoms with van der Waals surface area (Å²) >= 11 is 0. The van der Waals surface area contributed by atoms with Crippen LogP contribution < -0.4 is 10.1 Å². The number of nitrogens with one attached hydrogen (secondary N) is 1. The van der Waals surface area contributed by atoms with Crippen molar-refractivity contribution in [3.8, 4) is 5.75 Å². The molecule has 0 unspecified atom stereocenters. The average molecular weight is 327 g/mol. The maximum atomic E-state index is 12.5. The van der Waals surface area contributed by atoms with Gasteiger partial charge in [-0.05, 0) is 44.0 Å². The summed E-state index contributed by atoms with van der Waals surface area (Å²) in [6.45, 7) is 8.14. The zero-order valence-corrected chi connectivity index (χ0v) is 14.6. The molecular weight excluding hydrogens is 302 g/mol. The number of benzene rings is 2. The number of carbonyl (C=O) groups excluding carboxylic acids is 1. The second-order valence-corrected chi connectivity index (χ2v) is 5.65. The summed E-state index contributed by atoms with van der Waals surface area (Å²) in [4.78, 5) is 12.5. The van der Waals surface area contributed by atoms with E-state index in [0.717, 1.165) is 5.56 Å². The van der Waals surface area contributed by atoms with E-state index in [1.165, 1.54) is 11.1 Å². The molecular formula is C20H25NO3. The van der Waals surface area contributed by atoms with E-state index in [9.17, 15) is 4.79 Å². The Kier molecular flexibility index (Phi) is 6.82. The normalized spacial score (nSPS) is 10.5. The third kappa shape index (κ3) is 5.10. The van der Waals surface area contributed by atoms with Gasteiger partial charge in [0.2, 0.25) is 0 Å². The predicted octanol–water partition coefficient (Wildman–Crippen LogP) is 3.65. The lowest BCUT2D eigenvalue weighted by molar-refractivity contribution is 0.0934. The van der Waals surface area contributed by atoms with E-state index in [1.54, 1.807) is 12.1 Å².